The van der Waals surface area contributed by atoms with Crippen molar-refractivity contribution in [2.24, 2.45) is 0 Å². The van der Waals surface area contributed by atoms with Crippen LogP contribution in [0.1, 0.15) is 18.1 Å². The molecule has 1 unspecified atom stereocenters. The minimum absolute atomic E-state index is 0.0507. The normalized spacial score (nSPS) is 16.6. The molecule has 0 saturated carbocycles. The molecule has 17 heavy (non-hydrogen) atoms. The van der Waals surface area contributed by atoms with Gasteiger partial charge < -0.3 is 9.45 Å². The molecule has 2 rings (SSSR count). The van der Waals surface area contributed by atoms with Gasteiger partial charge in [0.1, 0.15) is 11.3 Å². The minimum atomic E-state index is -1.10. The lowest BCUT2D eigenvalue weighted by atomic mass is 10.00. The first kappa shape index (κ1) is 12.7. The highest BCUT2D eigenvalue weighted by molar-refractivity contribution is 7.90. The number of carbonyl (C=O) groups excluding carboxylic acids is 1. The average molecular weight is 272 g/mol. The number of hydrogen-bond acceptors (Lipinski definition) is 2. The number of amides is 1. The first-order valence-electron chi connectivity index (χ1n) is 5.40. The lowest BCUT2D eigenvalue weighted by molar-refractivity contribution is -0.129. The van der Waals surface area contributed by atoms with Crippen LogP contribution >= 0.6 is 11.6 Å². The summed E-state index contributed by atoms with van der Waals surface area (Å²) in [7, 11) is 0. The molecule has 92 valence electrons. The molecular weight excluding hydrogens is 258 g/mol. The van der Waals surface area contributed by atoms with Crippen LogP contribution in [0.15, 0.2) is 17.0 Å². The molecule has 0 saturated heterocycles. The van der Waals surface area contributed by atoms with E-state index in [9.17, 15) is 9.35 Å². The van der Waals surface area contributed by atoms with Crippen LogP contribution in [-0.2, 0) is 28.9 Å². The lowest BCUT2D eigenvalue weighted by Gasteiger charge is -2.29. The second-order valence-corrected chi connectivity index (χ2v) is 5.89. The van der Waals surface area contributed by atoms with Crippen molar-refractivity contribution >= 4 is 28.7 Å². The molecule has 0 spiro atoms. The number of halogens is 1. The first-order valence-corrected chi connectivity index (χ1v) is 7.33. The number of rotatable bonds is 1. The van der Waals surface area contributed by atoms with Crippen molar-refractivity contribution in [2.75, 3.05) is 12.8 Å². The molecule has 0 aromatic heterocycles. The summed E-state index contributed by atoms with van der Waals surface area (Å²) in [5.74, 6) is 0.0507. The lowest BCUT2D eigenvalue weighted by Crippen LogP contribution is -2.34. The SMILES string of the molecule is CC(=O)N1CCc2ccc([S+](C)[O-])c(Cl)c2C1. The number of carbonyl (C=O) groups is 1. The van der Waals surface area contributed by atoms with Crippen LogP contribution in [0.4, 0.5) is 0 Å². The van der Waals surface area contributed by atoms with Crippen LogP contribution in [0.2, 0.25) is 5.02 Å². The maximum atomic E-state index is 11.5. The fourth-order valence-electron chi connectivity index (χ4n) is 2.06. The van der Waals surface area contributed by atoms with Crippen LogP contribution in [0.25, 0.3) is 0 Å². The Labute approximate surface area is 109 Å². The molecule has 0 bridgehead atoms. The minimum Gasteiger partial charge on any atom is -0.612 e. The maximum Gasteiger partial charge on any atom is 0.219 e. The third-order valence-electron chi connectivity index (χ3n) is 3.06. The molecule has 1 atom stereocenters. The zero-order chi connectivity index (χ0) is 12.6. The van der Waals surface area contributed by atoms with E-state index in [1.54, 1.807) is 18.1 Å². The summed E-state index contributed by atoms with van der Waals surface area (Å²) in [6.07, 6.45) is 2.42. The Kier molecular flexibility index (Phi) is 3.66. The Hall–Kier alpha value is -0.710. The molecule has 1 aromatic carbocycles. The number of benzene rings is 1. The van der Waals surface area contributed by atoms with E-state index >= 15 is 0 Å². The van der Waals surface area contributed by atoms with Gasteiger partial charge in [-0.05, 0) is 34.8 Å². The van der Waals surface area contributed by atoms with Crippen LogP contribution in [0, 0.1) is 0 Å². The van der Waals surface area contributed by atoms with E-state index in [0.29, 0.717) is 16.5 Å². The van der Waals surface area contributed by atoms with Gasteiger partial charge in [-0.2, -0.15) is 0 Å². The van der Waals surface area contributed by atoms with Crippen LogP contribution in [-0.4, -0.2) is 28.2 Å². The van der Waals surface area contributed by atoms with Gasteiger partial charge in [-0.25, -0.2) is 0 Å². The molecule has 1 aliphatic rings. The Morgan fingerprint density at radius 3 is 2.82 bits per heavy atom. The highest BCUT2D eigenvalue weighted by Crippen LogP contribution is 2.31. The standard InChI is InChI=1S/C12H14ClNO2S/c1-8(15)14-6-5-9-3-4-11(17(2)16)12(13)10(9)7-14/h3-4H,5-7H2,1-2H3. The maximum absolute atomic E-state index is 11.5. The van der Waals surface area contributed by atoms with Gasteiger partial charge in [0.25, 0.3) is 0 Å². The summed E-state index contributed by atoms with van der Waals surface area (Å²) in [4.78, 5) is 13.8. The van der Waals surface area contributed by atoms with E-state index in [1.807, 2.05) is 12.1 Å². The first-order chi connectivity index (χ1) is 8.00. The molecule has 1 aliphatic heterocycles. The Balaban J connectivity index is 2.41. The molecule has 1 aromatic rings. The van der Waals surface area contributed by atoms with Crippen LogP contribution in [0.5, 0.6) is 0 Å². The summed E-state index contributed by atoms with van der Waals surface area (Å²) < 4.78 is 11.5. The Bertz CT molecular complexity index is 462. The molecular formula is C12H14ClNO2S. The van der Waals surface area contributed by atoms with Crippen LogP contribution in [0.3, 0.4) is 0 Å². The van der Waals surface area contributed by atoms with Crippen molar-refractivity contribution in [1.29, 1.82) is 0 Å². The molecule has 0 fully saturated rings. The number of fused-ring (bicyclic) bond motifs is 1. The second-order valence-electron chi connectivity index (χ2n) is 4.16. The quantitative estimate of drug-likeness (QED) is 0.733. The highest BCUT2D eigenvalue weighted by atomic mass is 35.5. The molecule has 1 heterocycles. The topological polar surface area (TPSA) is 43.4 Å². The third-order valence-corrected chi connectivity index (χ3v) is 4.56. The predicted molar refractivity (Wildman–Crippen MR) is 68.6 cm³/mol. The molecule has 5 heteroatoms. The van der Waals surface area contributed by atoms with Crippen molar-refractivity contribution < 1.29 is 9.35 Å². The van der Waals surface area contributed by atoms with E-state index in [2.05, 4.69) is 0 Å². The summed E-state index contributed by atoms with van der Waals surface area (Å²) in [5, 5.41) is 0.550. The molecule has 1 amide bonds. The summed E-state index contributed by atoms with van der Waals surface area (Å²) >= 11 is 5.16. The molecule has 0 radical (unpaired) electrons. The average Bonchev–Trinajstić information content (AvgIpc) is 2.28. The number of hydrogen-bond donors (Lipinski definition) is 0. The van der Waals surface area contributed by atoms with E-state index in [1.165, 1.54) is 0 Å². The van der Waals surface area contributed by atoms with Gasteiger partial charge in [0.2, 0.25) is 5.91 Å². The monoisotopic (exact) mass is 271 g/mol. The van der Waals surface area contributed by atoms with Crippen molar-refractivity contribution in [3.63, 3.8) is 0 Å². The third kappa shape index (κ3) is 2.44. The van der Waals surface area contributed by atoms with Gasteiger partial charge in [-0.1, -0.05) is 17.7 Å². The van der Waals surface area contributed by atoms with Crippen LogP contribution < -0.4 is 0 Å². The van der Waals surface area contributed by atoms with E-state index in [4.69, 9.17) is 11.6 Å². The zero-order valence-corrected chi connectivity index (χ0v) is 11.4. The Morgan fingerprint density at radius 1 is 1.53 bits per heavy atom. The summed E-state index contributed by atoms with van der Waals surface area (Å²) in [5.41, 5.74) is 2.10. The summed E-state index contributed by atoms with van der Waals surface area (Å²) in [6, 6.07) is 3.79. The fraction of sp³-hybridized carbons (Fsp3) is 0.417. The van der Waals surface area contributed by atoms with Crippen molar-refractivity contribution in [1.82, 2.24) is 4.90 Å². The van der Waals surface area contributed by atoms with Gasteiger partial charge >= 0.3 is 0 Å². The highest BCUT2D eigenvalue weighted by Gasteiger charge is 2.24. The fourth-order valence-corrected chi connectivity index (χ4v) is 3.27. The predicted octanol–water partition coefficient (Wildman–Crippen LogP) is 1.98. The van der Waals surface area contributed by atoms with Crippen molar-refractivity contribution in [3.05, 3.63) is 28.3 Å². The molecule has 0 aliphatic carbocycles. The van der Waals surface area contributed by atoms with Gasteiger partial charge in [0.15, 0.2) is 4.90 Å². The Morgan fingerprint density at radius 2 is 2.24 bits per heavy atom. The van der Waals surface area contributed by atoms with Gasteiger partial charge in [-0.3, -0.25) is 4.79 Å². The van der Waals surface area contributed by atoms with Gasteiger partial charge in [0.05, 0.1) is 0 Å². The van der Waals surface area contributed by atoms with E-state index in [-0.39, 0.29) is 5.91 Å². The smallest absolute Gasteiger partial charge is 0.219 e. The van der Waals surface area contributed by atoms with Gasteiger partial charge in [0, 0.05) is 20.0 Å². The number of nitrogens with zero attached hydrogens (tertiary/aromatic N) is 1. The summed E-state index contributed by atoms with van der Waals surface area (Å²) in [6.45, 7) is 2.81. The molecule has 3 nitrogen and oxygen atoms in total. The van der Waals surface area contributed by atoms with Crippen molar-refractivity contribution in [2.45, 2.75) is 24.8 Å². The van der Waals surface area contributed by atoms with Gasteiger partial charge in [-0.15, -0.1) is 0 Å². The van der Waals surface area contributed by atoms with E-state index < -0.39 is 11.2 Å². The molecule has 0 N–H and O–H groups in total. The second kappa shape index (κ2) is 4.88. The van der Waals surface area contributed by atoms with E-state index in [0.717, 1.165) is 24.1 Å². The largest absolute Gasteiger partial charge is 0.612 e. The van der Waals surface area contributed by atoms with Crippen molar-refractivity contribution in [3.8, 4) is 0 Å². The zero-order valence-electron chi connectivity index (χ0n) is 9.83.